The first-order chi connectivity index (χ1) is 8.66. The van der Waals surface area contributed by atoms with E-state index in [4.69, 9.17) is 5.73 Å². The maximum Gasteiger partial charge on any atom is 0.0292 e. The van der Waals surface area contributed by atoms with Gasteiger partial charge in [-0.05, 0) is 18.4 Å². The van der Waals surface area contributed by atoms with Gasteiger partial charge in [0, 0.05) is 27.5 Å². The zero-order valence-corrected chi connectivity index (χ0v) is 12.8. The lowest BCUT2D eigenvalue weighted by Crippen LogP contribution is -2.40. The first-order valence-corrected chi connectivity index (χ1v) is 8.72. The summed E-state index contributed by atoms with van der Waals surface area (Å²) in [7, 11) is 0. The smallest absolute Gasteiger partial charge is 0.0292 e. The fraction of sp³-hybridized carbons (Fsp3) is 0.600. The van der Waals surface area contributed by atoms with Gasteiger partial charge in [-0.15, -0.1) is 0 Å². The van der Waals surface area contributed by atoms with Crippen LogP contribution in [-0.2, 0) is 6.42 Å². The third-order valence-corrected chi connectivity index (χ3v) is 7.23. The van der Waals surface area contributed by atoms with E-state index in [9.17, 15) is 0 Å². The summed E-state index contributed by atoms with van der Waals surface area (Å²) in [6.45, 7) is 4.66. The molecule has 18 heavy (non-hydrogen) atoms. The Labute approximate surface area is 119 Å². The molecule has 4 unspecified atom stereocenters. The molecule has 4 atom stereocenters. The minimum Gasteiger partial charge on any atom is -0.327 e. The maximum atomic E-state index is 6.37. The Kier molecular flexibility index (Phi) is 5.46. The van der Waals surface area contributed by atoms with Crippen LogP contribution in [0.3, 0.4) is 0 Å². The maximum absolute atomic E-state index is 6.37. The molecule has 3 heteroatoms. The van der Waals surface area contributed by atoms with E-state index in [0.29, 0.717) is 11.3 Å². The molecular formula is C15H23NS2. The summed E-state index contributed by atoms with van der Waals surface area (Å²) in [4.78, 5) is 0. The van der Waals surface area contributed by atoms with Crippen LogP contribution in [0.5, 0.6) is 0 Å². The summed E-state index contributed by atoms with van der Waals surface area (Å²) in [6.07, 6.45) is 2.21. The van der Waals surface area contributed by atoms with Gasteiger partial charge in [0.05, 0.1) is 0 Å². The molecule has 1 heterocycles. The van der Waals surface area contributed by atoms with E-state index in [-0.39, 0.29) is 0 Å². The predicted molar refractivity (Wildman–Crippen MR) is 85.5 cm³/mol. The van der Waals surface area contributed by atoms with Crippen molar-refractivity contribution >= 4 is 23.5 Å². The van der Waals surface area contributed by atoms with Crippen molar-refractivity contribution in [3.63, 3.8) is 0 Å². The molecule has 2 N–H and O–H groups in total. The first kappa shape index (κ1) is 14.3. The van der Waals surface area contributed by atoms with Crippen molar-refractivity contribution in [1.82, 2.24) is 0 Å². The van der Waals surface area contributed by atoms with Crippen molar-refractivity contribution < 1.29 is 0 Å². The summed E-state index contributed by atoms with van der Waals surface area (Å²) in [5, 5.41) is 2.13. The molecule has 1 aromatic carbocycles. The van der Waals surface area contributed by atoms with Crippen LogP contribution in [-0.4, -0.2) is 27.5 Å². The van der Waals surface area contributed by atoms with Gasteiger partial charge in [-0.25, -0.2) is 0 Å². The molecule has 1 fully saturated rings. The molecule has 0 aromatic heterocycles. The van der Waals surface area contributed by atoms with Crippen LogP contribution in [0.15, 0.2) is 30.3 Å². The summed E-state index contributed by atoms with van der Waals surface area (Å²) < 4.78 is 0. The third-order valence-electron chi connectivity index (χ3n) is 3.66. The van der Waals surface area contributed by atoms with E-state index in [2.05, 4.69) is 67.7 Å². The van der Waals surface area contributed by atoms with Crippen molar-refractivity contribution in [3.05, 3.63) is 35.9 Å². The fourth-order valence-electron chi connectivity index (χ4n) is 2.20. The first-order valence-electron chi connectivity index (χ1n) is 6.73. The largest absolute Gasteiger partial charge is 0.327 e. The standard InChI is InChI=1S/C15H23NS2/c1-11-12(2)18-15(10-17-11)14(16)9-8-13-6-4-3-5-7-13/h3-7,11-12,14-15H,8-10,16H2,1-2H3. The van der Waals surface area contributed by atoms with Crippen molar-refractivity contribution in [2.45, 2.75) is 48.5 Å². The molecular weight excluding hydrogens is 258 g/mol. The summed E-state index contributed by atoms with van der Waals surface area (Å²) in [6, 6.07) is 11.0. The van der Waals surface area contributed by atoms with Crippen LogP contribution < -0.4 is 5.73 Å². The molecule has 100 valence electrons. The molecule has 1 saturated heterocycles. The zero-order chi connectivity index (χ0) is 13.0. The number of aryl methyl sites for hydroxylation is 1. The monoisotopic (exact) mass is 281 g/mol. The SMILES string of the molecule is CC1SCC(C(N)CCc2ccccc2)SC1C. The second-order valence-corrected chi connectivity index (χ2v) is 8.14. The van der Waals surface area contributed by atoms with Crippen LogP contribution in [0.4, 0.5) is 0 Å². The second-order valence-electron chi connectivity index (χ2n) is 5.11. The number of benzene rings is 1. The topological polar surface area (TPSA) is 26.0 Å². The molecule has 1 aliphatic rings. The minimum atomic E-state index is 0.331. The lowest BCUT2D eigenvalue weighted by atomic mass is 10.0. The summed E-state index contributed by atoms with van der Waals surface area (Å²) >= 11 is 4.18. The number of hydrogen-bond donors (Lipinski definition) is 1. The van der Waals surface area contributed by atoms with Crippen LogP contribution in [0, 0.1) is 0 Å². The van der Waals surface area contributed by atoms with Gasteiger partial charge in [0.25, 0.3) is 0 Å². The molecule has 0 aliphatic carbocycles. The Morgan fingerprint density at radius 2 is 1.94 bits per heavy atom. The third kappa shape index (κ3) is 3.94. The average Bonchev–Trinajstić information content (AvgIpc) is 2.40. The van der Waals surface area contributed by atoms with Crippen molar-refractivity contribution in [1.29, 1.82) is 0 Å². The van der Waals surface area contributed by atoms with Crippen LogP contribution in [0.25, 0.3) is 0 Å². The Balaban J connectivity index is 1.80. The number of nitrogens with two attached hydrogens (primary N) is 1. The Hall–Kier alpha value is -0.120. The fourth-order valence-corrected chi connectivity index (χ4v) is 5.30. The predicted octanol–water partition coefficient (Wildman–Crippen LogP) is 3.57. The van der Waals surface area contributed by atoms with Gasteiger partial charge in [-0.3, -0.25) is 0 Å². The van der Waals surface area contributed by atoms with Gasteiger partial charge in [0.2, 0.25) is 0 Å². The Bertz CT molecular complexity index is 355. The highest BCUT2D eigenvalue weighted by Crippen LogP contribution is 2.37. The molecule has 0 radical (unpaired) electrons. The van der Waals surface area contributed by atoms with Crippen LogP contribution in [0.2, 0.25) is 0 Å². The number of hydrogen-bond acceptors (Lipinski definition) is 3. The van der Waals surface area contributed by atoms with E-state index in [1.165, 1.54) is 11.3 Å². The van der Waals surface area contributed by atoms with Gasteiger partial charge in [-0.2, -0.15) is 23.5 Å². The van der Waals surface area contributed by atoms with Gasteiger partial charge >= 0.3 is 0 Å². The van der Waals surface area contributed by atoms with Gasteiger partial charge in [0.15, 0.2) is 0 Å². The van der Waals surface area contributed by atoms with E-state index in [1.807, 2.05) is 0 Å². The molecule has 0 saturated carbocycles. The zero-order valence-electron chi connectivity index (χ0n) is 11.2. The van der Waals surface area contributed by atoms with E-state index in [0.717, 1.165) is 23.3 Å². The summed E-state index contributed by atoms with van der Waals surface area (Å²) in [5.74, 6) is 1.21. The molecule has 1 aliphatic heterocycles. The normalized spacial score (nSPS) is 30.1. The highest BCUT2D eigenvalue weighted by molar-refractivity contribution is 8.07. The molecule has 0 spiro atoms. The average molecular weight is 281 g/mol. The van der Waals surface area contributed by atoms with Crippen LogP contribution in [0.1, 0.15) is 25.8 Å². The van der Waals surface area contributed by atoms with E-state index >= 15 is 0 Å². The quantitative estimate of drug-likeness (QED) is 0.913. The van der Waals surface area contributed by atoms with Crippen molar-refractivity contribution in [2.75, 3.05) is 5.75 Å². The number of thioether (sulfide) groups is 2. The van der Waals surface area contributed by atoms with Gasteiger partial charge in [-0.1, -0.05) is 44.2 Å². The minimum absolute atomic E-state index is 0.331. The lowest BCUT2D eigenvalue weighted by Gasteiger charge is -2.34. The van der Waals surface area contributed by atoms with E-state index < -0.39 is 0 Å². The Morgan fingerprint density at radius 1 is 1.22 bits per heavy atom. The summed E-state index contributed by atoms with van der Waals surface area (Å²) in [5.41, 5.74) is 7.78. The van der Waals surface area contributed by atoms with Gasteiger partial charge in [0.1, 0.15) is 0 Å². The highest BCUT2D eigenvalue weighted by atomic mass is 32.2. The molecule has 0 amide bonds. The molecule has 2 rings (SSSR count). The molecule has 1 nitrogen and oxygen atoms in total. The number of rotatable bonds is 4. The second kappa shape index (κ2) is 6.88. The van der Waals surface area contributed by atoms with Crippen molar-refractivity contribution in [2.24, 2.45) is 5.73 Å². The van der Waals surface area contributed by atoms with Gasteiger partial charge < -0.3 is 5.73 Å². The van der Waals surface area contributed by atoms with E-state index in [1.54, 1.807) is 0 Å². The molecule has 0 bridgehead atoms. The van der Waals surface area contributed by atoms with Crippen LogP contribution >= 0.6 is 23.5 Å². The Morgan fingerprint density at radius 3 is 2.61 bits per heavy atom. The lowest BCUT2D eigenvalue weighted by molar-refractivity contribution is 0.606. The molecule has 1 aromatic rings. The van der Waals surface area contributed by atoms with Crippen molar-refractivity contribution in [3.8, 4) is 0 Å². The highest BCUT2D eigenvalue weighted by Gasteiger charge is 2.29.